The molecule has 0 N–H and O–H groups in total. The molecule has 0 fully saturated rings. The van der Waals surface area contributed by atoms with Crippen molar-refractivity contribution in [3.8, 4) is 0 Å². The Bertz CT molecular complexity index is 527. The molecular weight excluding hydrogens is 283 g/mol. The SMILES string of the molecule is C[Si](C)(C)c1cc2ccccc2[cH-]1.[C-]1=CC=CC1.[V+2]. The Morgan fingerprint density at radius 1 is 1.16 bits per heavy atom. The van der Waals surface area contributed by atoms with Crippen LogP contribution in [0.5, 0.6) is 0 Å². The summed E-state index contributed by atoms with van der Waals surface area (Å²) in [5.74, 6) is 0. The summed E-state index contributed by atoms with van der Waals surface area (Å²) in [4.78, 5) is 0. The normalized spacial score (nSPS) is 13.0. The van der Waals surface area contributed by atoms with E-state index in [1.807, 2.05) is 12.2 Å². The van der Waals surface area contributed by atoms with Crippen LogP contribution in [0, 0.1) is 6.08 Å². The summed E-state index contributed by atoms with van der Waals surface area (Å²) < 4.78 is 0. The first-order chi connectivity index (χ1) is 8.57. The predicted octanol–water partition coefficient (Wildman–Crippen LogP) is 4.41. The second kappa shape index (κ2) is 7.04. The van der Waals surface area contributed by atoms with Crippen LogP contribution >= 0.6 is 0 Å². The van der Waals surface area contributed by atoms with Crippen molar-refractivity contribution in [1.29, 1.82) is 0 Å². The van der Waals surface area contributed by atoms with Gasteiger partial charge in [-0.05, 0) is 0 Å². The van der Waals surface area contributed by atoms with Crippen molar-refractivity contribution in [2.75, 3.05) is 0 Å². The molecule has 2 heteroatoms. The zero-order valence-corrected chi connectivity index (χ0v) is 14.2. The number of hydrogen-bond acceptors (Lipinski definition) is 0. The molecule has 1 radical (unpaired) electrons. The Labute approximate surface area is 129 Å². The molecule has 0 atom stereocenters. The maximum Gasteiger partial charge on any atom is 2.00 e. The van der Waals surface area contributed by atoms with E-state index in [1.54, 1.807) is 5.19 Å². The van der Waals surface area contributed by atoms with Gasteiger partial charge in [0.15, 0.2) is 0 Å². The minimum Gasteiger partial charge on any atom is -0.273 e. The van der Waals surface area contributed by atoms with Gasteiger partial charge in [-0.1, -0.05) is 25.7 Å². The summed E-state index contributed by atoms with van der Waals surface area (Å²) in [7, 11) is -1.12. The minimum absolute atomic E-state index is 0. The van der Waals surface area contributed by atoms with Gasteiger partial charge in [0.2, 0.25) is 0 Å². The summed E-state index contributed by atoms with van der Waals surface area (Å²) in [5, 5.41) is 4.34. The first-order valence-electron chi connectivity index (χ1n) is 6.45. The van der Waals surface area contributed by atoms with Crippen molar-refractivity contribution < 1.29 is 18.6 Å². The Kier molecular flexibility index (Phi) is 5.99. The smallest absolute Gasteiger partial charge is 0.273 e. The van der Waals surface area contributed by atoms with E-state index in [9.17, 15) is 0 Å². The first-order valence-corrected chi connectivity index (χ1v) is 9.95. The molecule has 0 spiro atoms. The van der Waals surface area contributed by atoms with Crippen LogP contribution in [-0.4, -0.2) is 8.07 Å². The number of benzene rings is 1. The zero-order chi connectivity index (χ0) is 13.0. The molecule has 3 rings (SSSR count). The van der Waals surface area contributed by atoms with Crippen molar-refractivity contribution in [2.24, 2.45) is 0 Å². The molecule has 97 valence electrons. The number of hydrogen-bond donors (Lipinski definition) is 0. The van der Waals surface area contributed by atoms with Gasteiger partial charge in [-0.3, -0.25) is 6.08 Å². The molecule has 2 aromatic carbocycles. The molecule has 0 nitrogen and oxygen atoms in total. The van der Waals surface area contributed by atoms with Crippen LogP contribution in [0.3, 0.4) is 0 Å². The third-order valence-electron chi connectivity index (χ3n) is 3.07. The molecule has 0 bridgehead atoms. The monoisotopic (exact) mass is 303 g/mol. The molecule has 0 amide bonds. The second-order valence-electron chi connectivity index (χ2n) is 5.63. The standard InChI is InChI=1S/C12H15Si.C5H5.V/c1-13(2,3)12-8-10-6-4-5-7-11(10)9-12;1-2-4-5-3-1;/h4-9H,1-3H3;1-3H,4H2;/q2*-1;+2. The molecule has 0 saturated carbocycles. The predicted molar refractivity (Wildman–Crippen MR) is 84.1 cm³/mol. The van der Waals surface area contributed by atoms with Crippen LogP contribution in [0.4, 0.5) is 0 Å². The Morgan fingerprint density at radius 2 is 1.89 bits per heavy atom. The Hall–Kier alpha value is -0.889. The first kappa shape index (κ1) is 16.2. The maximum atomic E-state index is 2.99. The zero-order valence-electron chi connectivity index (χ0n) is 11.9. The quantitative estimate of drug-likeness (QED) is 0.541. The van der Waals surface area contributed by atoms with Crippen LogP contribution < -0.4 is 5.19 Å². The van der Waals surface area contributed by atoms with E-state index in [2.05, 4.69) is 68.2 Å². The molecule has 0 saturated heterocycles. The summed E-state index contributed by atoms with van der Waals surface area (Å²) in [5.41, 5.74) is 0. The molecule has 1 aliphatic carbocycles. The number of allylic oxidation sites excluding steroid dienone is 4. The summed E-state index contributed by atoms with van der Waals surface area (Å²) in [6.45, 7) is 7.17. The fourth-order valence-corrected chi connectivity index (χ4v) is 3.10. The Balaban J connectivity index is 0.000000256. The second-order valence-corrected chi connectivity index (χ2v) is 10.7. The van der Waals surface area contributed by atoms with Gasteiger partial charge in [0.25, 0.3) is 0 Å². The van der Waals surface area contributed by atoms with Crippen molar-refractivity contribution in [2.45, 2.75) is 26.1 Å². The van der Waals surface area contributed by atoms with E-state index < -0.39 is 8.07 Å². The van der Waals surface area contributed by atoms with Crippen LogP contribution in [-0.2, 0) is 18.6 Å². The van der Waals surface area contributed by atoms with Gasteiger partial charge < -0.3 is 0 Å². The van der Waals surface area contributed by atoms with E-state index >= 15 is 0 Å². The van der Waals surface area contributed by atoms with Gasteiger partial charge >= 0.3 is 18.6 Å². The molecule has 2 aromatic rings. The molecule has 19 heavy (non-hydrogen) atoms. The van der Waals surface area contributed by atoms with Crippen molar-refractivity contribution >= 4 is 24.0 Å². The summed E-state index contributed by atoms with van der Waals surface area (Å²) in [6, 6.07) is 13.3. The van der Waals surface area contributed by atoms with Crippen LogP contribution in [0.25, 0.3) is 10.8 Å². The molecule has 0 unspecified atom stereocenters. The summed E-state index contributed by atoms with van der Waals surface area (Å²) in [6.07, 6.45) is 10.0. The molecule has 1 aliphatic rings. The minimum atomic E-state index is -1.12. The van der Waals surface area contributed by atoms with Gasteiger partial charge in [0, 0.05) is 0 Å². The van der Waals surface area contributed by atoms with E-state index in [1.165, 1.54) is 10.8 Å². The van der Waals surface area contributed by atoms with Gasteiger partial charge in [-0.2, -0.15) is 17.5 Å². The molecule has 0 aliphatic heterocycles. The third-order valence-corrected chi connectivity index (χ3v) is 5.09. The molecular formula is C17H20SiV. The van der Waals surface area contributed by atoms with E-state index in [0.29, 0.717) is 0 Å². The maximum absolute atomic E-state index is 2.99. The Morgan fingerprint density at radius 3 is 2.37 bits per heavy atom. The largest absolute Gasteiger partial charge is 2.00 e. The van der Waals surface area contributed by atoms with E-state index in [4.69, 9.17) is 0 Å². The average Bonchev–Trinajstić information content (AvgIpc) is 3.01. The van der Waals surface area contributed by atoms with E-state index in [0.717, 1.165) is 6.42 Å². The number of fused-ring (bicyclic) bond motifs is 1. The summed E-state index contributed by atoms with van der Waals surface area (Å²) >= 11 is 0. The fourth-order valence-electron chi connectivity index (χ4n) is 1.92. The van der Waals surface area contributed by atoms with Gasteiger partial charge in [0.1, 0.15) is 0 Å². The van der Waals surface area contributed by atoms with Crippen molar-refractivity contribution in [3.05, 3.63) is 60.7 Å². The average molecular weight is 303 g/mol. The van der Waals surface area contributed by atoms with Gasteiger partial charge in [-0.25, -0.2) is 12.2 Å². The molecule has 0 aromatic heterocycles. The van der Waals surface area contributed by atoms with Crippen LogP contribution in [0.1, 0.15) is 6.42 Å². The third kappa shape index (κ3) is 4.61. The van der Waals surface area contributed by atoms with Crippen molar-refractivity contribution in [3.63, 3.8) is 0 Å². The fraction of sp³-hybridized carbons (Fsp3) is 0.235. The van der Waals surface area contributed by atoms with Crippen LogP contribution in [0.15, 0.2) is 54.6 Å². The number of rotatable bonds is 1. The van der Waals surface area contributed by atoms with Crippen molar-refractivity contribution in [1.82, 2.24) is 0 Å². The van der Waals surface area contributed by atoms with Gasteiger partial charge in [0.05, 0.1) is 8.07 Å². The molecule has 0 heterocycles. The topological polar surface area (TPSA) is 0 Å². The van der Waals surface area contributed by atoms with Crippen LogP contribution in [0.2, 0.25) is 19.6 Å². The van der Waals surface area contributed by atoms with E-state index in [-0.39, 0.29) is 18.6 Å². The van der Waals surface area contributed by atoms with Gasteiger partial charge in [-0.15, -0.1) is 41.3 Å².